The lowest BCUT2D eigenvalue weighted by molar-refractivity contribution is -0.468. The second-order valence-corrected chi connectivity index (χ2v) is 5.43. The van der Waals surface area contributed by atoms with E-state index in [0.29, 0.717) is 0 Å². The molecule has 0 N–H and O–H groups in total. The van der Waals surface area contributed by atoms with Crippen molar-refractivity contribution in [1.82, 2.24) is 9.80 Å². The van der Waals surface area contributed by atoms with E-state index >= 15 is 0 Å². The molecule has 0 amide bonds. The fraction of sp³-hybridized carbons (Fsp3) is 0.412. The molecule has 1 aromatic carbocycles. The van der Waals surface area contributed by atoms with Crippen LogP contribution in [0.15, 0.2) is 36.4 Å². The van der Waals surface area contributed by atoms with Gasteiger partial charge >= 0.3 is 0 Å². The molecule has 0 aliphatic carbocycles. The Bertz CT molecular complexity index is 524. The van der Waals surface area contributed by atoms with Crippen LogP contribution in [0.2, 0.25) is 0 Å². The first kappa shape index (κ1) is 19.7. The van der Waals surface area contributed by atoms with E-state index in [0.717, 1.165) is 6.92 Å². The van der Waals surface area contributed by atoms with Gasteiger partial charge in [0.15, 0.2) is 0 Å². The summed E-state index contributed by atoms with van der Waals surface area (Å²) in [7, 11) is 12.4. The van der Waals surface area contributed by atoms with Crippen LogP contribution < -0.4 is 5.11 Å². The molecular weight excluding hydrogens is 278 g/mol. The van der Waals surface area contributed by atoms with Crippen LogP contribution in [0, 0.1) is 0 Å². The number of likely N-dealkylation sites (N-methyl/N-ethyl adjacent to an activating group) is 1. The van der Waals surface area contributed by atoms with Gasteiger partial charge in [-0.3, -0.25) is 9.48 Å². The SMILES string of the molecule is CC(=O)[O-].CN(C)C(/C=C(\c1ccccc1)N(C)C)=[N+](C)C. The predicted molar refractivity (Wildman–Crippen MR) is 89.6 cm³/mol. The largest absolute Gasteiger partial charge is 0.550 e. The van der Waals surface area contributed by atoms with Gasteiger partial charge in [-0.1, -0.05) is 30.3 Å². The molecule has 0 saturated heterocycles. The average Bonchev–Trinajstić information content (AvgIpc) is 2.38. The van der Waals surface area contributed by atoms with Crippen molar-refractivity contribution in [3.8, 4) is 0 Å². The van der Waals surface area contributed by atoms with Gasteiger partial charge in [0, 0.05) is 20.1 Å². The van der Waals surface area contributed by atoms with E-state index < -0.39 is 5.97 Å². The van der Waals surface area contributed by atoms with Crippen LogP contribution in [0.4, 0.5) is 0 Å². The zero-order valence-electron chi connectivity index (χ0n) is 14.6. The second-order valence-electron chi connectivity index (χ2n) is 5.43. The number of carboxylic acids is 1. The Morgan fingerprint density at radius 2 is 1.50 bits per heavy atom. The number of rotatable bonds is 3. The molecule has 5 heteroatoms. The molecule has 0 aliphatic heterocycles. The predicted octanol–water partition coefficient (Wildman–Crippen LogP) is 0.578. The van der Waals surface area contributed by atoms with Crippen molar-refractivity contribution in [3.63, 3.8) is 0 Å². The van der Waals surface area contributed by atoms with Gasteiger partial charge in [0.2, 0.25) is 0 Å². The minimum atomic E-state index is -1.08. The van der Waals surface area contributed by atoms with E-state index in [1.165, 1.54) is 17.1 Å². The quantitative estimate of drug-likeness (QED) is 0.466. The topological polar surface area (TPSA) is 49.6 Å². The highest BCUT2D eigenvalue weighted by Gasteiger charge is 2.12. The Balaban J connectivity index is 0.000000980. The molecule has 0 radical (unpaired) electrons. The standard InChI is InChI=1S/C15H24N3.C2H4O2/c1-16(2)14(13-10-8-7-9-11-13)12-15(17(3)4)18(5)6;1-2(3)4/h7-12H,1-6H3;1H3,(H,3,4)/q+1;/p-1. The Hall–Kier alpha value is -2.30. The Labute approximate surface area is 133 Å². The summed E-state index contributed by atoms with van der Waals surface area (Å²) in [6, 6.07) is 10.4. The van der Waals surface area contributed by atoms with E-state index in [2.05, 4.69) is 87.0 Å². The smallest absolute Gasteiger partial charge is 0.273 e. The molecule has 0 bridgehead atoms. The van der Waals surface area contributed by atoms with Gasteiger partial charge in [-0.05, 0) is 12.5 Å². The van der Waals surface area contributed by atoms with Gasteiger partial charge in [-0.15, -0.1) is 0 Å². The summed E-state index contributed by atoms with van der Waals surface area (Å²) in [5.41, 5.74) is 2.43. The number of carbonyl (C=O) groups excluding carboxylic acids is 1. The second kappa shape index (κ2) is 9.60. The van der Waals surface area contributed by atoms with Crippen LogP contribution in [0.5, 0.6) is 0 Å². The van der Waals surface area contributed by atoms with Crippen molar-refractivity contribution in [2.24, 2.45) is 0 Å². The molecule has 22 heavy (non-hydrogen) atoms. The summed E-state index contributed by atoms with van der Waals surface area (Å²) < 4.78 is 2.12. The monoisotopic (exact) mass is 305 g/mol. The summed E-state index contributed by atoms with van der Waals surface area (Å²) in [6.45, 7) is 0.972. The first-order valence-electron chi connectivity index (χ1n) is 7.00. The van der Waals surface area contributed by atoms with Crippen molar-refractivity contribution in [1.29, 1.82) is 0 Å². The minimum absolute atomic E-state index is 0.972. The van der Waals surface area contributed by atoms with Crippen molar-refractivity contribution < 1.29 is 14.5 Å². The summed E-state index contributed by atoms with van der Waals surface area (Å²) in [6.07, 6.45) is 2.20. The molecule has 0 aliphatic rings. The van der Waals surface area contributed by atoms with E-state index in [1.807, 2.05) is 6.07 Å². The fourth-order valence-electron chi connectivity index (χ4n) is 1.86. The number of amidine groups is 1. The summed E-state index contributed by atoms with van der Waals surface area (Å²) in [5, 5.41) is 8.89. The number of hydrogen-bond donors (Lipinski definition) is 0. The van der Waals surface area contributed by atoms with Crippen LogP contribution in [0.1, 0.15) is 12.5 Å². The van der Waals surface area contributed by atoms with E-state index in [9.17, 15) is 0 Å². The number of aliphatic carboxylic acids is 1. The average molecular weight is 305 g/mol. The number of benzene rings is 1. The number of nitrogens with zero attached hydrogens (tertiary/aromatic N) is 3. The zero-order valence-corrected chi connectivity index (χ0v) is 14.6. The summed E-state index contributed by atoms with van der Waals surface area (Å²) in [4.78, 5) is 13.1. The number of hydrogen-bond acceptors (Lipinski definition) is 3. The van der Waals surface area contributed by atoms with Crippen LogP contribution in [-0.4, -0.2) is 68.5 Å². The molecule has 122 valence electrons. The zero-order chi connectivity index (χ0) is 17.3. The normalized spacial score (nSPS) is 10.2. The van der Waals surface area contributed by atoms with Crippen LogP contribution in [-0.2, 0) is 4.79 Å². The van der Waals surface area contributed by atoms with Crippen molar-refractivity contribution in [3.05, 3.63) is 42.0 Å². The van der Waals surface area contributed by atoms with Crippen LogP contribution in [0.25, 0.3) is 5.70 Å². The highest BCUT2D eigenvalue weighted by atomic mass is 16.4. The molecule has 0 fully saturated rings. The molecular formula is C17H27N3O2. The molecule has 0 unspecified atom stereocenters. The van der Waals surface area contributed by atoms with Gasteiger partial charge < -0.3 is 14.8 Å². The minimum Gasteiger partial charge on any atom is -0.550 e. The van der Waals surface area contributed by atoms with Crippen molar-refractivity contribution >= 4 is 17.5 Å². The molecule has 5 nitrogen and oxygen atoms in total. The van der Waals surface area contributed by atoms with Gasteiger partial charge in [0.05, 0.1) is 40.0 Å². The maximum Gasteiger partial charge on any atom is 0.273 e. The maximum absolute atomic E-state index is 8.89. The molecule has 0 heterocycles. The Kier molecular flexibility index (Phi) is 8.60. The van der Waals surface area contributed by atoms with Gasteiger partial charge in [-0.2, -0.15) is 0 Å². The summed E-state index contributed by atoms with van der Waals surface area (Å²) in [5.74, 6) is 0.0857. The molecule has 1 aromatic rings. The van der Waals surface area contributed by atoms with Crippen LogP contribution >= 0.6 is 0 Å². The summed E-state index contributed by atoms with van der Waals surface area (Å²) >= 11 is 0. The van der Waals surface area contributed by atoms with Crippen molar-refractivity contribution in [2.75, 3.05) is 42.3 Å². The lowest BCUT2D eigenvalue weighted by Gasteiger charge is -2.18. The number of carboxylic acid groups (broad SMARTS) is 1. The van der Waals surface area contributed by atoms with Crippen molar-refractivity contribution in [2.45, 2.75) is 6.92 Å². The molecule has 0 saturated carbocycles. The lowest BCUT2D eigenvalue weighted by atomic mass is 10.1. The Morgan fingerprint density at radius 3 is 1.82 bits per heavy atom. The van der Waals surface area contributed by atoms with E-state index in [1.54, 1.807) is 0 Å². The molecule has 0 spiro atoms. The van der Waals surface area contributed by atoms with Gasteiger partial charge in [0.25, 0.3) is 5.84 Å². The lowest BCUT2D eigenvalue weighted by Crippen LogP contribution is -2.29. The van der Waals surface area contributed by atoms with Gasteiger partial charge in [-0.25, -0.2) is 0 Å². The van der Waals surface area contributed by atoms with Gasteiger partial charge in [0.1, 0.15) is 0 Å². The van der Waals surface area contributed by atoms with E-state index in [-0.39, 0.29) is 0 Å². The third kappa shape index (κ3) is 7.47. The third-order valence-electron chi connectivity index (χ3n) is 2.73. The molecule has 0 atom stereocenters. The third-order valence-corrected chi connectivity index (χ3v) is 2.73. The van der Waals surface area contributed by atoms with E-state index in [4.69, 9.17) is 9.90 Å². The first-order valence-corrected chi connectivity index (χ1v) is 7.00. The Morgan fingerprint density at radius 1 is 1.05 bits per heavy atom. The molecule has 0 aromatic heterocycles. The first-order chi connectivity index (χ1) is 10.2. The highest BCUT2D eigenvalue weighted by molar-refractivity contribution is 5.95. The maximum atomic E-state index is 8.89. The number of carbonyl (C=O) groups is 1. The van der Waals surface area contributed by atoms with Crippen LogP contribution in [0.3, 0.4) is 0 Å². The molecule has 1 rings (SSSR count). The fourth-order valence-corrected chi connectivity index (χ4v) is 1.86. The highest BCUT2D eigenvalue weighted by Crippen LogP contribution is 2.16.